The fourth-order valence-electron chi connectivity index (χ4n) is 2.18. The van der Waals surface area contributed by atoms with Crippen molar-refractivity contribution in [2.24, 2.45) is 5.92 Å². The van der Waals surface area contributed by atoms with E-state index in [-0.39, 0.29) is 11.6 Å². The van der Waals surface area contributed by atoms with Crippen molar-refractivity contribution in [3.8, 4) is 0 Å². The standard InChI is InChI=1S/C16H32N2O2/c1-12(13-8-9-13)17-10-11-18(15(2,3)4)14(19)20-16(5,6)7/h12-13,17H,8-11H2,1-7H3. The number of amides is 1. The third-order valence-electron chi connectivity index (χ3n) is 3.55. The number of hydrogen-bond donors (Lipinski definition) is 1. The van der Waals surface area contributed by atoms with Gasteiger partial charge >= 0.3 is 6.09 Å². The molecule has 0 heterocycles. The molecule has 1 rings (SSSR count). The van der Waals surface area contributed by atoms with Crippen molar-refractivity contribution < 1.29 is 9.53 Å². The van der Waals surface area contributed by atoms with Crippen molar-refractivity contribution in [1.29, 1.82) is 0 Å². The van der Waals surface area contributed by atoms with Crippen LogP contribution in [0, 0.1) is 5.92 Å². The fraction of sp³-hybridized carbons (Fsp3) is 0.938. The lowest BCUT2D eigenvalue weighted by atomic mass is 10.1. The molecule has 20 heavy (non-hydrogen) atoms. The summed E-state index contributed by atoms with van der Waals surface area (Å²) in [5.41, 5.74) is -0.678. The summed E-state index contributed by atoms with van der Waals surface area (Å²) in [5.74, 6) is 0.833. The Hall–Kier alpha value is -0.770. The molecule has 0 saturated heterocycles. The molecular formula is C16H32N2O2. The van der Waals surface area contributed by atoms with Gasteiger partial charge in [-0.2, -0.15) is 0 Å². The first kappa shape index (κ1) is 17.3. The third-order valence-corrected chi connectivity index (χ3v) is 3.55. The summed E-state index contributed by atoms with van der Waals surface area (Å²) in [6, 6.07) is 0.551. The Balaban J connectivity index is 2.49. The Labute approximate surface area is 124 Å². The van der Waals surface area contributed by atoms with Crippen molar-refractivity contribution in [2.75, 3.05) is 13.1 Å². The molecule has 1 unspecified atom stereocenters. The van der Waals surface area contributed by atoms with Crippen LogP contribution in [0.15, 0.2) is 0 Å². The fourth-order valence-corrected chi connectivity index (χ4v) is 2.18. The van der Waals surface area contributed by atoms with Gasteiger partial charge in [0.05, 0.1) is 0 Å². The van der Waals surface area contributed by atoms with Crippen LogP contribution in [0.4, 0.5) is 4.79 Å². The zero-order chi connectivity index (χ0) is 15.6. The van der Waals surface area contributed by atoms with Gasteiger partial charge < -0.3 is 15.0 Å². The molecule has 0 aliphatic heterocycles. The first-order chi connectivity index (χ1) is 9.00. The number of rotatable bonds is 5. The zero-order valence-corrected chi connectivity index (χ0v) is 14.2. The highest BCUT2D eigenvalue weighted by Crippen LogP contribution is 2.32. The quantitative estimate of drug-likeness (QED) is 0.841. The van der Waals surface area contributed by atoms with Gasteiger partial charge in [-0.3, -0.25) is 0 Å². The summed E-state index contributed by atoms with van der Waals surface area (Å²) in [7, 11) is 0. The van der Waals surface area contributed by atoms with Gasteiger partial charge in [0.2, 0.25) is 0 Å². The zero-order valence-electron chi connectivity index (χ0n) is 14.2. The van der Waals surface area contributed by atoms with Gasteiger partial charge in [-0.1, -0.05) is 0 Å². The molecule has 1 atom stereocenters. The van der Waals surface area contributed by atoms with Gasteiger partial charge in [0.1, 0.15) is 5.60 Å². The average Bonchev–Trinajstić information content (AvgIpc) is 3.02. The van der Waals surface area contributed by atoms with Crippen LogP contribution in [0.1, 0.15) is 61.3 Å². The summed E-state index contributed by atoms with van der Waals surface area (Å²) in [6.45, 7) is 15.6. The molecule has 0 bridgehead atoms. The Kier molecular flexibility index (Phi) is 5.47. The predicted octanol–water partition coefficient (Wildman–Crippen LogP) is 3.41. The Morgan fingerprint density at radius 2 is 1.80 bits per heavy atom. The smallest absolute Gasteiger partial charge is 0.410 e. The molecule has 118 valence electrons. The molecule has 1 aliphatic rings. The van der Waals surface area contributed by atoms with Gasteiger partial charge in [0, 0.05) is 24.7 Å². The molecule has 0 radical (unpaired) electrons. The van der Waals surface area contributed by atoms with E-state index in [0.29, 0.717) is 12.6 Å². The van der Waals surface area contributed by atoms with E-state index in [2.05, 4.69) is 12.2 Å². The van der Waals surface area contributed by atoms with Crippen LogP contribution in [0.2, 0.25) is 0 Å². The van der Waals surface area contributed by atoms with E-state index in [1.165, 1.54) is 12.8 Å². The molecule has 1 fully saturated rings. The minimum absolute atomic E-state index is 0.229. The molecule has 0 spiro atoms. The Morgan fingerprint density at radius 3 is 2.20 bits per heavy atom. The van der Waals surface area contributed by atoms with Crippen LogP contribution in [-0.2, 0) is 4.74 Å². The number of nitrogens with zero attached hydrogens (tertiary/aromatic N) is 1. The van der Waals surface area contributed by atoms with Crippen molar-refractivity contribution in [3.63, 3.8) is 0 Å². The largest absolute Gasteiger partial charge is 0.444 e. The molecule has 0 aromatic rings. The van der Waals surface area contributed by atoms with Crippen molar-refractivity contribution in [3.05, 3.63) is 0 Å². The van der Waals surface area contributed by atoms with Gasteiger partial charge in [-0.05, 0) is 67.2 Å². The Morgan fingerprint density at radius 1 is 1.25 bits per heavy atom. The van der Waals surface area contributed by atoms with Crippen molar-refractivity contribution in [2.45, 2.75) is 78.5 Å². The predicted molar refractivity (Wildman–Crippen MR) is 82.9 cm³/mol. The minimum Gasteiger partial charge on any atom is -0.444 e. The maximum absolute atomic E-state index is 12.3. The van der Waals surface area contributed by atoms with Crippen molar-refractivity contribution >= 4 is 6.09 Å². The number of nitrogens with one attached hydrogen (secondary N) is 1. The van der Waals surface area contributed by atoms with E-state index in [4.69, 9.17) is 4.74 Å². The highest BCUT2D eigenvalue weighted by atomic mass is 16.6. The summed E-state index contributed by atoms with van der Waals surface area (Å²) in [6.07, 6.45) is 2.44. The highest BCUT2D eigenvalue weighted by Gasteiger charge is 2.31. The normalized spacial score (nSPS) is 17.8. The molecule has 4 heteroatoms. The minimum atomic E-state index is -0.449. The molecule has 1 aliphatic carbocycles. The summed E-state index contributed by atoms with van der Waals surface area (Å²) >= 11 is 0. The first-order valence-electron chi connectivity index (χ1n) is 7.75. The van der Waals surface area contributed by atoms with Crippen molar-refractivity contribution in [1.82, 2.24) is 10.2 Å². The van der Waals surface area contributed by atoms with E-state index >= 15 is 0 Å². The van der Waals surface area contributed by atoms with Crippen LogP contribution >= 0.6 is 0 Å². The summed E-state index contributed by atoms with van der Waals surface area (Å²) < 4.78 is 5.50. The van der Waals surface area contributed by atoms with E-state index in [1.807, 2.05) is 46.4 Å². The monoisotopic (exact) mass is 284 g/mol. The van der Waals surface area contributed by atoms with E-state index in [0.717, 1.165) is 12.5 Å². The summed E-state index contributed by atoms with van der Waals surface area (Å²) in [4.78, 5) is 14.1. The second kappa shape index (κ2) is 6.33. The maximum atomic E-state index is 12.3. The molecule has 0 aromatic carbocycles. The SMILES string of the molecule is CC(NCCN(C(=O)OC(C)(C)C)C(C)(C)C)C1CC1. The lowest BCUT2D eigenvalue weighted by Crippen LogP contribution is -2.50. The second-order valence-corrected chi connectivity index (χ2v) is 7.88. The number of ether oxygens (including phenoxy) is 1. The van der Waals surface area contributed by atoms with Gasteiger partial charge in [-0.25, -0.2) is 4.79 Å². The molecule has 1 N–H and O–H groups in total. The lowest BCUT2D eigenvalue weighted by Gasteiger charge is -2.37. The number of hydrogen-bond acceptors (Lipinski definition) is 3. The Bertz CT molecular complexity index is 324. The number of carbonyl (C=O) groups is 1. The average molecular weight is 284 g/mol. The van der Waals surface area contributed by atoms with Gasteiger partial charge in [0.25, 0.3) is 0 Å². The van der Waals surface area contributed by atoms with Crippen LogP contribution in [0.3, 0.4) is 0 Å². The van der Waals surface area contributed by atoms with E-state index < -0.39 is 5.60 Å². The van der Waals surface area contributed by atoms with E-state index in [9.17, 15) is 4.79 Å². The van der Waals surface area contributed by atoms with Crippen LogP contribution in [0.5, 0.6) is 0 Å². The van der Waals surface area contributed by atoms with Crippen LogP contribution < -0.4 is 5.32 Å². The first-order valence-corrected chi connectivity index (χ1v) is 7.75. The highest BCUT2D eigenvalue weighted by molar-refractivity contribution is 5.69. The van der Waals surface area contributed by atoms with Gasteiger partial charge in [-0.15, -0.1) is 0 Å². The maximum Gasteiger partial charge on any atom is 0.410 e. The van der Waals surface area contributed by atoms with Crippen LogP contribution in [-0.4, -0.2) is 41.3 Å². The van der Waals surface area contributed by atoms with Crippen LogP contribution in [0.25, 0.3) is 0 Å². The van der Waals surface area contributed by atoms with E-state index in [1.54, 1.807) is 0 Å². The third kappa shape index (κ3) is 6.12. The number of carbonyl (C=O) groups excluding carboxylic acids is 1. The van der Waals surface area contributed by atoms with Gasteiger partial charge in [0.15, 0.2) is 0 Å². The molecular weight excluding hydrogens is 252 g/mol. The summed E-state index contributed by atoms with van der Waals surface area (Å²) in [5, 5.41) is 3.52. The molecule has 4 nitrogen and oxygen atoms in total. The topological polar surface area (TPSA) is 41.6 Å². The molecule has 1 saturated carbocycles. The lowest BCUT2D eigenvalue weighted by molar-refractivity contribution is 0.00646. The molecule has 1 amide bonds. The molecule has 0 aromatic heterocycles. The second-order valence-electron chi connectivity index (χ2n) is 7.88.